The van der Waals surface area contributed by atoms with Crippen LogP contribution in [0.2, 0.25) is 0 Å². The van der Waals surface area contributed by atoms with E-state index in [0.29, 0.717) is 31.6 Å². The van der Waals surface area contributed by atoms with E-state index in [2.05, 4.69) is 10.4 Å². The minimum atomic E-state index is -0.964. The summed E-state index contributed by atoms with van der Waals surface area (Å²) >= 11 is 0. The van der Waals surface area contributed by atoms with E-state index >= 15 is 0 Å². The van der Waals surface area contributed by atoms with Crippen molar-refractivity contribution in [3.05, 3.63) is 40.6 Å². The second-order valence-electron chi connectivity index (χ2n) is 5.10. The van der Waals surface area contributed by atoms with Crippen molar-refractivity contribution in [2.45, 2.75) is 18.9 Å². The fourth-order valence-corrected chi connectivity index (χ4v) is 2.56. The van der Waals surface area contributed by atoms with E-state index in [1.54, 1.807) is 6.07 Å². The number of nitrogens with zero attached hydrogens (tertiary/aromatic N) is 5. The monoisotopic (exact) mass is 307 g/mol. The highest BCUT2D eigenvalue weighted by Gasteiger charge is 2.26. The average molecular weight is 307 g/mol. The number of tetrazole rings is 1. The Bertz CT molecular complexity index is 748. The summed E-state index contributed by atoms with van der Waals surface area (Å²) in [4.78, 5) is 24.5. The number of hydrogen-bond acceptors (Lipinski definition) is 4. The zero-order chi connectivity index (χ0) is 15.7. The molecule has 22 heavy (non-hydrogen) atoms. The summed E-state index contributed by atoms with van der Waals surface area (Å²) in [5.74, 6) is -0.464. The minimum Gasteiger partial charge on any atom is -0.465 e. The topological polar surface area (TPSA) is 93.2 Å². The Hall–Kier alpha value is -2.71. The molecular weight excluding hydrogens is 293 g/mol. The molecule has 3 rings (SSSR count). The summed E-state index contributed by atoms with van der Waals surface area (Å²) in [6.07, 6.45) is 0.0245. The number of rotatable bonds is 2. The first-order chi connectivity index (χ1) is 10.6. The number of halogens is 1. The summed E-state index contributed by atoms with van der Waals surface area (Å²) in [7, 11) is 0. The van der Waals surface area contributed by atoms with Gasteiger partial charge in [-0.15, -0.1) is 0 Å². The van der Waals surface area contributed by atoms with Gasteiger partial charge >= 0.3 is 11.8 Å². The van der Waals surface area contributed by atoms with Crippen LogP contribution in [0, 0.1) is 5.82 Å². The predicted octanol–water partition coefficient (Wildman–Crippen LogP) is 0.883. The molecule has 9 heteroatoms. The van der Waals surface area contributed by atoms with Crippen LogP contribution in [0.15, 0.2) is 29.1 Å². The van der Waals surface area contributed by atoms with Crippen LogP contribution in [0.4, 0.5) is 9.18 Å². The second kappa shape index (κ2) is 5.58. The first-order valence-electron chi connectivity index (χ1n) is 6.84. The van der Waals surface area contributed by atoms with E-state index in [4.69, 9.17) is 5.11 Å². The molecule has 0 spiro atoms. The molecule has 1 aromatic carbocycles. The van der Waals surface area contributed by atoms with Crippen molar-refractivity contribution >= 4 is 6.09 Å². The number of aromatic nitrogens is 4. The maximum atomic E-state index is 13.2. The molecule has 0 radical (unpaired) electrons. The van der Waals surface area contributed by atoms with Gasteiger partial charge in [-0.25, -0.2) is 14.0 Å². The van der Waals surface area contributed by atoms with Gasteiger partial charge in [-0.2, -0.15) is 9.36 Å². The smallest absolute Gasteiger partial charge is 0.407 e. The van der Waals surface area contributed by atoms with Crippen LogP contribution in [0.1, 0.15) is 18.9 Å². The molecule has 2 heterocycles. The van der Waals surface area contributed by atoms with E-state index in [9.17, 15) is 14.0 Å². The van der Waals surface area contributed by atoms with Crippen molar-refractivity contribution in [1.29, 1.82) is 0 Å². The number of benzene rings is 1. The number of carbonyl (C=O) groups is 1. The number of hydrogen-bond donors (Lipinski definition) is 1. The summed E-state index contributed by atoms with van der Waals surface area (Å²) in [5.41, 5.74) is -0.154. The third kappa shape index (κ3) is 2.57. The van der Waals surface area contributed by atoms with E-state index in [1.165, 1.54) is 27.8 Å². The lowest BCUT2D eigenvalue weighted by Gasteiger charge is -2.29. The molecule has 1 aromatic heterocycles. The van der Waals surface area contributed by atoms with Gasteiger partial charge in [0.25, 0.3) is 0 Å². The summed E-state index contributed by atoms with van der Waals surface area (Å²) in [6, 6.07) is 5.33. The van der Waals surface area contributed by atoms with Crippen LogP contribution in [0.3, 0.4) is 0 Å². The summed E-state index contributed by atoms with van der Waals surface area (Å²) in [6.45, 7) is 0.693. The molecule has 1 amide bonds. The highest BCUT2D eigenvalue weighted by atomic mass is 19.1. The SMILES string of the molecule is O=C(O)N1CCC(n2nnn(-c3cccc(F)c3)c2=O)CC1. The minimum absolute atomic E-state index is 0.203. The van der Waals surface area contributed by atoms with Crippen molar-refractivity contribution in [2.75, 3.05) is 13.1 Å². The van der Waals surface area contributed by atoms with Gasteiger partial charge in [0.05, 0.1) is 11.7 Å². The van der Waals surface area contributed by atoms with E-state index in [-0.39, 0.29) is 6.04 Å². The van der Waals surface area contributed by atoms with Gasteiger partial charge in [0.2, 0.25) is 0 Å². The molecule has 0 aliphatic carbocycles. The maximum Gasteiger partial charge on any atom is 0.407 e. The fraction of sp³-hybridized carbons (Fsp3) is 0.385. The number of likely N-dealkylation sites (tertiary alicyclic amines) is 1. The normalized spacial score (nSPS) is 16.0. The Balaban J connectivity index is 1.83. The highest BCUT2D eigenvalue weighted by molar-refractivity contribution is 5.64. The quantitative estimate of drug-likeness (QED) is 0.889. The Labute approximate surface area is 124 Å². The molecular formula is C13H14FN5O3. The van der Waals surface area contributed by atoms with Gasteiger partial charge in [0, 0.05) is 13.1 Å². The molecule has 0 saturated carbocycles. The van der Waals surface area contributed by atoms with E-state index in [0.717, 1.165) is 4.68 Å². The average Bonchev–Trinajstić information content (AvgIpc) is 2.89. The van der Waals surface area contributed by atoms with Crippen molar-refractivity contribution < 1.29 is 14.3 Å². The van der Waals surface area contributed by atoms with Crippen LogP contribution in [-0.2, 0) is 0 Å². The van der Waals surface area contributed by atoms with Gasteiger partial charge in [0.15, 0.2) is 0 Å². The van der Waals surface area contributed by atoms with E-state index < -0.39 is 17.6 Å². The van der Waals surface area contributed by atoms with Crippen molar-refractivity contribution in [3.63, 3.8) is 0 Å². The standard InChI is InChI=1S/C13H14FN5O3/c14-9-2-1-3-11(8-9)19-12(20)18(15-16-19)10-4-6-17(7-5-10)13(21)22/h1-3,8,10H,4-7H2,(H,21,22). The lowest BCUT2D eigenvalue weighted by molar-refractivity contribution is 0.123. The third-order valence-electron chi connectivity index (χ3n) is 3.74. The molecule has 1 saturated heterocycles. The Kier molecular flexibility index (Phi) is 3.61. The summed E-state index contributed by atoms with van der Waals surface area (Å²) < 4.78 is 15.5. The van der Waals surface area contributed by atoms with Crippen molar-refractivity contribution in [3.8, 4) is 5.69 Å². The van der Waals surface area contributed by atoms with Gasteiger partial charge in [0.1, 0.15) is 5.82 Å². The number of amides is 1. The highest BCUT2D eigenvalue weighted by Crippen LogP contribution is 2.20. The molecule has 1 N–H and O–H groups in total. The fourth-order valence-electron chi connectivity index (χ4n) is 2.56. The Morgan fingerprint density at radius 2 is 2.00 bits per heavy atom. The van der Waals surface area contributed by atoms with Crippen LogP contribution < -0.4 is 5.69 Å². The summed E-state index contributed by atoms with van der Waals surface area (Å²) in [5, 5.41) is 16.5. The second-order valence-corrected chi connectivity index (χ2v) is 5.10. The maximum absolute atomic E-state index is 13.2. The molecule has 2 aromatic rings. The van der Waals surface area contributed by atoms with Crippen LogP contribution in [-0.4, -0.2) is 49.0 Å². The largest absolute Gasteiger partial charge is 0.465 e. The molecule has 1 fully saturated rings. The van der Waals surface area contributed by atoms with Gasteiger partial charge in [-0.05, 0) is 41.5 Å². The number of carboxylic acid groups (broad SMARTS) is 1. The molecule has 0 bridgehead atoms. The van der Waals surface area contributed by atoms with Crippen LogP contribution in [0.25, 0.3) is 5.69 Å². The molecule has 0 atom stereocenters. The molecule has 116 valence electrons. The molecule has 0 unspecified atom stereocenters. The van der Waals surface area contributed by atoms with Crippen LogP contribution >= 0.6 is 0 Å². The first kappa shape index (κ1) is 14.2. The van der Waals surface area contributed by atoms with Gasteiger partial charge in [-0.3, -0.25) is 0 Å². The van der Waals surface area contributed by atoms with Crippen LogP contribution in [0.5, 0.6) is 0 Å². The third-order valence-corrected chi connectivity index (χ3v) is 3.74. The first-order valence-corrected chi connectivity index (χ1v) is 6.84. The zero-order valence-corrected chi connectivity index (χ0v) is 11.6. The number of piperidine rings is 1. The van der Waals surface area contributed by atoms with Crippen molar-refractivity contribution in [2.24, 2.45) is 0 Å². The molecule has 1 aliphatic heterocycles. The molecule has 8 nitrogen and oxygen atoms in total. The zero-order valence-electron chi connectivity index (χ0n) is 11.6. The Morgan fingerprint density at radius 1 is 1.27 bits per heavy atom. The van der Waals surface area contributed by atoms with E-state index in [1.807, 2.05) is 0 Å². The lowest BCUT2D eigenvalue weighted by Crippen LogP contribution is -2.40. The lowest BCUT2D eigenvalue weighted by atomic mass is 10.1. The van der Waals surface area contributed by atoms with Gasteiger partial charge in [-0.1, -0.05) is 6.07 Å². The predicted molar refractivity (Wildman–Crippen MR) is 73.4 cm³/mol. The molecule has 1 aliphatic rings. The van der Waals surface area contributed by atoms with Gasteiger partial charge < -0.3 is 10.0 Å². The van der Waals surface area contributed by atoms with Crippen molar-refractivity contribution in [1.82, 2.24) is 24.7 Å². The Morgan fingerprint density at radius 3 is 2.64 bits per heavy atom.